The molecule has 0 spiro atoms. The minimum atomic E-state index is -0.134. The van der Waals surface area contributed by atoms with Gasteiger partial charge >= 0.3 is 0 Å². The molecule has 1 saturated heterocycles. The Balaban J connectivity index is 1.49. The monoisotopic (exact) mass is 358 g/mol. The maximum atomic E-state index is 12.2. The number of ether oxygens (including phenoxy) is 2. The Hall–Kier alpha value is -2.21. The van der Waals surface area contributed by atoms with E-state index in [1.165, 1.54) is 0 Å². The molecule has 132 valence electrons. The number of nitrogens with one attached hydrogen (secondary N) is 1. The van der Waals surface area contributed by atoms with Crippen LogP contribution in [-0.4, -0.2) is 42.2 Å². The Kier molecular flexibility index (Phi) is 6.17. The first kappa shape index (κ1) is 17.6. The van der Waals surface area contributed by atoms with Crippen LogP contribution in [0.3, 0.4) is 0 Å². The first-order chi connectivity index (χ1) is 12.3. The van der Waals surface area contributed by atoms with Crippen molar-refractivity contribution in [3.63, 3.8) is 0 Å². The predicted molar refractivity (Wildman–Crippen MR) is 99.6 cm³/mol. The summed E-state index contributed by atoms with van der Waals surface area (Å²) in [6.07, 6.45) is 3.56. The number of hydrogen-bond acceptors (Lipinski definition) is 5. The number of methoxy groups -OCH3 is 1. The summed E-state index contributed by atoms with van der Waals surface area (Å²) in [5, 5.41) is 2.91. The molecule has 0 bridgehead atoms. The highest BCUT2D eigenvalue weighted by molar-refractivity contribution is 7.99. The summed E-state index contributed by atoms with van der Waals surface area (Å²) in [5.41, 5.74) is 1.61. The van der Waals surface area contributed by atoms with Crippen molar-refractivity contribution in [2.45, 2.75) is 18.9 Å². The number of aromatic nitrogens is 1. The lowest BCUT2D eigenvalue weighted by Crippen LogP contribution is -2.26. The molecule has 1 aromatic heterocycles. The largest absolute Gasteiger partial charge is 0.496 e. The first-order valence-corrected chi connectivity index (χ1v) is 9.52. The van der Waals surface area contributed by atoms with E-state index in [0.29, 0.717) is 24.4 Å². The number of hydrogen-bond donors (Lipinski definition) is 1. The van der Waals surface area contributed by atoms with Crippen LogP contribution in [0.5, 0.6) is 11.6 Å². The minimum absolute atomic E-state index is 0.134. The Labute approximate surface area is 152 Å². The zero-order chi connectivity index (χ0) is 17.5. The first-order valence-electron chi connectivity index (χ1n) is 8.37. The number of nitrogens with zero attached hydrogens (tertiary/aromatic N) is 1. The molecule has 1 amide bonds. The van der Waals surface area contributed by atoms with E-state index >= 15 is 0 Å². The van der Waals surface area contributed by atoms with Gasteiger partial charge in [0.2, 0.25) is 5.88 Å². The molecule has 25 heavy (non-hydrogen) atoms. The molecule has 1 atom stereocenters. The zero-order valence-corrected chi connectivity index (χ0v) is 15.1. The van der Waals surface area contributed by atoms with Crippen LogP contribution in [0.2, 0.25) is 0 Å². The maximum Gasteiger partial charge on any atom is 0.252 e. The van der Waals surface area contributed by atoms with Crippen LogP contribution in [0, 0.1) is 0 Å². The molecule has 1 aromatic carbocycles. The van der Waals surface area contributed by atoms with Gasteiger partial charge in [-0.1, -0.05) is 18.2 Å². The van der Waals surface area contributed by atoms with E-state index in [2.05, 4.69) is 10.3 Å². The summed E-state index contributed by atoms with van der Waals surface area (Å²) in [6.45, 7) is 0.538. The quantitative estimate of drug-likeness (QED) is 0.825. The molecule has 1 unspecified atom stereocenters. The van der Waals surface area contributed by atoms with Gasteiger partial charge in [0.1, 0.15) is 11.9 Å². The molecular weight excluding hydrogens is 336 g/mol. The summed E-state index contributed by atoms with van der Waals surface area (Å²) >= 11 is 1.89. The lowest BCUT2D eigenvalue weighted by atomic mass is 10.1. The van der Waals surface area contributed by atoms with Gasteiger partial charge in [-0.15, -0.1) is 0 Å². The van der Waals surface area contributed by atoms with E-state index in [1.807, 2.05) is 36.0 Å². The van der Waals surface area contributed by atoms with Gasteiger partial charge in [-0.2, -0.15) is 11.8 Å². The van der Waals surface area contributed by atoms with Crippen LogP contribution in [-0.2, 0) is 6.42 Å². The van der Waals surface area contributed by atoms with Crippen LogP contribution >= 0.6 is 11.8 Å². The average Bonchev–Trinajstić information content (AvgIpc) is 3.15. The molecule has 1 aliphatic rings. The van der Waals surface area contributed by atoms with Crippen LogP contribution in [0.15, 0.2) is 42.6 Å². The number of pyridine rings is 1. The van der Waals surface area contributed by atoms with Crippen molar-refractivity contribution in [1.29, 1.82) is 0 Å². The van der Waals surface area contributed by atoms with Crippen molar-refractivity contribution in [1.82, 2.24) is 10.3 Å². The van der Waals surface area contributed by atoms with Crippen LogP contribution in [0.4, 0.5) is 0 Å². The second-order valence-electron chi connectivity index (χ2n) is 5.81. The number of rotatable bonds is 7. The number of benzene rings is 1. The predicted octanol–water partition coefficient (Wildman–Crippen LogP) is 2.95. The second-order valence-corrected chi connectivity index (χ2v) is 6.96. The van der Waals surface area contributed by atoms with Gasteiger partial charge in [-0.25, -0.2) is 4.98 Å². The molecule has 2 aromatic rings. The number of carbonyl (C=O) groups is 1. The second kappa shape index (κ2) is 8.76. The number of carbonyl (C=O) groups excluding carboxylic acids is 1. The standard InChI is InChI=1S/C19H22N2O3S/c1-23-17-5-3-2-4-14(17)8-10-20-19(22)15-6-7-18(21-12-15)24-16-9-11-25-13-16/h2-7,12,16H,8-11,13H2,1H3,(H,20,22). The van der Waals surface area contributed by atoms with Crippen molar-refractivity contribution < 1.29 is 14.3 Å². The fraction of sp³-hybridized carbons (Fsp3) is 0.368. The molecule has 1 fully saturated rings. The molecule has 0 saturated carbocycles. The highest BCUT2D eigenvalue weighted by atomic mass is 32.2. The van der Waals surface area contributed by atoms with Gasteiger partial charge in [0.05, 0.1) is 12.7 Å². The number of amides is 1. The van der Waals surface area contributed by atoms with Crippen LogP contribution in [0.25, 0.3) is 0 Å². The van der Waals surface area contributed by atoms with E-state index in [9.17, 15) is 4.79 Å². The van der Waals surface area contributed by atoms with Crippen molar-refractivity contribution in [2.75, 3.05) is 25.2 Å². The summed E-state index contributed by atoms with van der Waals surface area (Å²) in [4.78, 5) is 16.5. The summed E-state index contributed by atoms with van der Waals surface area (Å²) in [5.74, 6) is 3.43. The SMILES string of the molecule is COc1ccccc1CCNC(=O)c1ccc(OC2CCSC2)nc1. The summed E-state index contributed by atoms with van der Waals surface area (Å²) in [6, 6.07) is 11.3. The third-order valence-electron chi connectivity index (χ3n) is 4.05. The van der Waals surface area contributed by atoms with E-state index in [4.69, 9.17) is 9.47 Å². The van der Waals surface area contributed by atoms with E-state index in [1.54, 1.807) is 25.4 Å². The van der Waals surface area contributed by atoms with Crippen molar-refractivity contribution in [3.05, 3.63) is 53.7 Å². The Morgan fingerprint density at radius 1 is 1.32 bits per heavy atom. The Morgan fingerprint density at radius 2 is 2.20 bits per heavy atom. The highest BCUT2D eigenvalue weighted by Crippen LogP contribution is 2.22. The van der Waals surface area contributed by atoms with Crippen molar-refractivity contribution in [3.8, 4) is 11.6 Å². The smallest absolute Gasteiger partial charge is 0.252 e. The van der Waals surface area contributed by atoms with Gasteiger partial charge in [-0.05, 0) is 36.3 Å². The molecule has 1 N–H and O–H groups in total. The maximum absolute atomic E-state index is 12.2. The lowest BCUT2D eigenvalue weighted by molar-refractivity contribution is 0.0953. The molecule has 1 aliphatic heterocycles. The van der Waals surface area contributed by atoms with Gasteiger partial charge in [0, 0.05) is 24.6 Å². The molecular formula is C19H22N2O3S. The van der Waals surface area contributed by atoms with Gasteiger partial charge < -0.3 is 14.8 Å². The summed E-state index contributed by atoms with van der Waals surface area (Å²) in [7, 11) is 1.65. The third-order valence-corrected chi connectivity index (χ3v) is 5.18. The molecule has 0 radical (unpaired) electrons. The zero-order valence-electron chi connectivity index (χ0n) is 14.2. The number of thioether (sulfide) groups is 1. The fourth-order valence-electron chi connectivity index (χ4n) is 2.68. The lowest BCUT2D eigenvalue weighted by Gasteiger charge is -2.12. The summed E-state index contributed by atoms with van der Waals surface area (Å²) < 4.78 is 11.1. The normalized spacial score (nSPS) is 16.4. The highest BCUT2D eigenvalue weighted by Gasteiger charge is 2.17. The average molecular weight is 358 g/mol. The van der Waals surface area contributed by atoms with Gasteiger partial charge in [0.15, 0.2) is 0 Å². The fourth-order valence-corrected chi connectivity index (χ4v) is 3.78. The molecule has 6 heteroatoms. The topological polar surface area (TPSA) is 60.5 Å². The van der Waals surface area contributed by atoms with Crippen LogP contribution < -0.4 is 14.8 Å². The van der Waals surface area contributed by atoms with Crippen molar-refractivity contribution in [2.24, 2.45) is 0 Å². The molecule has 2 heterocycles. The molecule has 0 aliphatic carbocycles. The van der Waals surface area contributed by atoms with Crippen molar-refractivity contribution >= 4 is 17.7 Å². The number of para-hydroxylation sites is 1. The minimum Gasteiger partial charge on any atom is -0.496 e. The van der Waals surface area contributed by atoms with E-state index in [0.717, 1.165) is 29.2 Å². The van der Waals surface area contributed by atoms with Gasteiger partial charge in [0.25, 0.3) is 5.91 Å². The van der Waals surface area contributed by atoms with Crippen LogP contribution in [0.1, 0.15) is 22.3 Å². The van der Waals surface area contributed by atoms with E-state index in [-0.39, 0.29) is 12.0 Å². The third kappa shape index (κ3) is 4.89. The molecule has 3 rings (SSSR count). The Bertz CT molecular complexity index is 700. The Morgan fingerprint density at radius 3 is 2.92 bits per heavy atom. The molecule has 5 nitrogen and oxygen atoms in total. The van der Waals surface area contributed by atoms with E-state index < -0.39 is 0 Å². The van der Waals surface area contributed by atoms with Gasteiger partial charge in [-0.3, -0.25) is 4.79 Å².